The van der Waals surface area contributed by atoms with E-state index < -0.39 is 38.7 Å². The number of halogens is 3. The van der Waals surface area contributed by atoms with Crippen molar-refractivity contribution in [3.8, 4) is 0 Å². The van der Waals surface area contributed by atoms with Gasteiger partial charge in [0.1, 0.15) is 0 Å². The lowest BCUT2D eigenvalue weighted by Gasteiger charge is -2.20. The summed E-state index contributed by atoms with van der Waals surface area (Å²) in [5, 5.41) is 2.72. The molecular weight excluding hydrogens is 369 g/mol. The van der Waals surface area contributed by atoms with Crippen molar-refractivity contribution in [2.45, 2.75) is 31.2 Å². The summed E-state index contributed by atoms with van der Waals surface area (Å²) >= 11 is 0. The third-order valence-corrected chi connectivity index (χ3v) is 4.58. The molecule has 0 aliphatic rings. The van der Waals surface area contributed by atoms with Crippen molar-refractivity contribution < 1.29 is 26.4 Å². The second-order valence-electron chi connectivity index (χ2n) is 6.56. The Morgan fingerprint density at radius 2 is 1.50 bits per heavy atom. The number of anilines is 1. The fourth-order valence-electron chi connectivity index (χ4n) is 2.01. The molecule has 0 radical (unpaired) electrons. The molecule has 26 heavy (non-hydrogen) atoms. The molecule has 0 atom stereocenters. The fraction of sp³-hybridized carbons (Fsp3) is 0.235. The van der Waals surface area contributed by atoms with Gasteiger partial charge in [-0.3, -0.25) is 9.52 Å². The first-order chi connectivity index (χ1) is 11.9. The number of sulfonamides is 1. The van der Waals surface area contributed by atoms with Crippen LogP contribution in [-0.4, -0.2) is 19.9 Å². The van der Waals surface area contributed by atoms with Crippen LogP contribution in [0.15, 0.2) is 41.3 Å². The van der Waals surface area contributed by atoms with Crippen molar-refractivity contribution in [1.82, 2.24) is 5.32 Å². The Labute approximate surface area is 149 Å². The van der Waals surface area contributed by atoms with Crippen molar-refractivity contribution in [2.75, 3.05) is 4.72 Å². The molecule has 0 unspecified atom stereocenters. The molecule has 2 aromatic rings. The van der Waals surface area contributed by atoms with Gasteiger partial charge in [-0.15, -0.1) is 0 Å². The SMILES string of the molecule is CC(C)(C)NC(=O)c1ccc(S(=O)(=O)Nc2ccc(F)c(F)c2F)cc1. The molecule has 0 saturated heterocycles. The highest BCUT2D eigenvalue weighted by molar-refractivity contribution is 7.92. The molecule has 0 bridgehead atoms. The van der Waals surface area contributed by atoms with Gasteiger partial charge < -0.3 is 5.32 Å². The van der Waals surface area contributed by atoms with Crippen LogP contribution in [0.2, 0.25) is 0 Å². The van der Waals surface area contributed by atoms with E-state index in [4.69, 9.17) is 0 Å². The molecule has 0 heterocycles. The topological polar surface area (TPSA) is 75.3 Å². The number of amides is 1. The number of nitrogens with one attached hydrogen (secondary N) is 2. The second-order valence-corrected chi connectivity index (χ2v) is 8.24. The molecule has 0 fully saturated rings. The lowest BCUT2D eigenvalue weighted by Crippen LogP contribution is -2.40. The van der Waals surface area contributed by atoms with Gasteiger partial charge in [-0.1, -0.05) is 0 Å². The summed E-state index contributed by atoms with van der Waals surface area (Å²) in [5.74, 6) is -5.24. The molecule has 140 valence electrons. The molecule has 1 amide bonds. The van der Waals surface area contributed by atoms with Crippen molar-refractivity contribution >= 4 is 21.6 Å². The Bertz CT molecular complexity index is 937. The number of benzene rings is 2. The summed E-state index contributed by atoms with van der Waals surface area (Å²) in [6.45, 7) is 5.39. The summed E-state index contributed by atoms with van der Waals surface area (Å²) < 4.78 is 66.2. The van der Waals surface area contributed by atoms with Gasteiger partial charge in [0, 0.05) is 11.1 Å². The zero-order chi connectivity index (χ0) is 19.7. The van der Waals surface area contributed by atoms with Crippen LogP contribution in [-0.2, 0) is 10.0 Å². The molecule has 0 spiro atoms. The largest absolute Gasteiger partial charge is 0.347 e. The Balaban J connectivity index is 2.25. The van der Waals surface area contributed by atoms with E-state index in [0.29, 0.717) is 6.07 Å². The van der Waals surface area contributed by atoms with Gasteiger partial charge in [-0.05, 0) is 57.2 Å². The highest BCUT2D eigenvalue weighted by Gasteiger charge is 2.21. The molecule has 2 rings (SSSR count). The van der Waals surface area contributed by atoms with Crippen LogP contribution in [0.4, 0.5) is 18.9 Å². The van der Waals surface area contributed by atoms with Crippen LogP contribution in [0.25, 0.3) is 0 Å². The van der Waals surface area contributed by atoms with Crippen LogP contribution in [0, 0.1) is 17.5 Å². The zero-order valence-corrected chi connectivity index (χ0v) is 15.0. The highest BCUT2D eigenvalue weighted by atomic mass is 32.2. The number of carbonyl (C=O) groups is 1. The van der Waals surface area contributed by atoms with E-state index in [1.807, 2.05) is 4.72 Å². The van der Waals surface area contributed by atoms with Gasteiger partial charge in [-0.25, -0.2) is 21.6 Å². The van der Waals surface area contributed by atoms with Gasteiger partial charge in [0.2, 0.25) is 0 Å². The van der Waals surface area contributed by atoms with Crippen LogP contribution in [0.1, 0.15) is 31.1 Å². The monoisotopic (exact) mass is 386 g/mol. The summed E-state index contributed by atoms with van der Waals surface area (Å²) in [6.07, 6.45) is 0. The van der Waals surface area contributed by atoms with E-state index in [0.717, 1.165) is 18.2 Å². The number of hydrogen-bond donors (Lipinski definition) is 2. The molecule has 0 saturated carbocycles. The zero-order valence-electron chi connectivity index (χ0n) is 14.2. The Morgan fingerprint density at radius 1 is 0.923 bits per heavy atom. The number of rotatable bonds is 4. The minimum Gasteiger partial charge on any atom is -0.347 e. The van der Waals surface area contributed by atoms with E-state index in [1.165, 1.54) is 12.1 Å². The first-order valence-electron chi connectivity index (χ1n) is 7.49. The number of carbonyl (C=O) groups excluding carboxylic acids is 1. The molecule has 0 aliphatic heterocycles. The maximum absolute atomic E-state index is 13.6. The summed E-state index contributed by atoms with van der Waals surface area (Å²) in [5.41, 5.74) is -0.954. The van der Waals surface area contributed by atoms with Gasteiger partial charge in [0.05, 0.1) is 10.6 Å². The maximum Gasteiger partial charge on any atom is 0.261 e. The molecular formula is C17H17F3N2O3S. The molecule has 9 heteroatoms. The minimum absolute atomic E-state index is 0.234. The first-order valence-corrected chi connectivity index (χ1v) is 8.98. The number of hydrogen-bond acceptors (Lipinski definition) is 3. The van der Waals surface area contributed by atoms with Crippen molar-refractivity contribution in [1.29, 1.82) is 0 Å². The quantitative estimate of drug-likeness (QED) is 0.791. The van der Waals surface area contributed by atoms with E-state index in [1.54, 1.807) is 20.8 Å². The average molecular weight is 386 g/mol. The Hall–Kier alpha value is -2.55. The van der Waals surface area contributed by atoms with Crippen LogP contribution < -0.4 is 10.0 Å². The van der Waals surface area contributed by atoms with E-state index in [2.05, 4.69) is 5.32 Å². The van der Waals surface area contributed by atoms with Gasteiger partial charge in [-0.2, -0.15) is 0 Å². The predicted octanol–water partition coefficient (Wildman–Crippen LogP) is 3.43. The smallest absolute Gasteiger partial charge is 0.261 e. The van der Waals surface area contributed by atoms with Crippen molar-refractivity contribution in [3.63, 3.8) is 0 Å². The fourth-order valence-corrected chi connectivity index (χ4v) is 3.07. The summed E-state index contributed by atoms with van der Waals surface area (Å²) in [6, 6.07) is 6.26. The average Bonchev–Trinajstić information content (AvgIpc) is 2.54. The summed E-state index contributed by atoms with van der Waals surface area (Å²) in [7, 11) is -4.25. The third kappa shape index (κ3) is 4.54. The highest BCUT2D eigenvalue weighted by Crippen LogP contribution is 2.23. The maximum atomic E-state index is 13.6. The lowest BCUT2D eigenvalue weighted by atomic mass is 10.1. The molecule has 5 nitrogen and oxygen atoms in total. The Kier molecular flexibility index (Phi) is 5.31. The van der Waals surface area contributed by atoms with E-state index >= 15 is 0 Å². The predicted molar refractivity (Wildman–Crippen MR) is 90.8 cm³/mol. The van der Waals surface area contributed by atoms with Gasteiger partial charge >= 0.3 is 0 Å². The molecule has 0 aliphatic carbocycles. The molecule has 2 N–H and O–H groups in total. The molecule has 0 aromatic heterocycles. The summed E-state index contributed by atoms with van der Waals surface area (Å²) in [4.78, 5) is 11.8. The van der Waals surface area contributed by atoms with E-state index in [9.17, 15) is 26.4 Å². The lowest BCUT2D eigenvalue weighted by molar-refractivity contribution is 0.0919. The minimum atomic E-state index is -4.25. The van der Waals surface area contributed by atoms with Crippen LogP contribution >= 0.6 is 0 Å². The standard InChI is InChI=1S/C17H17F3N2O3S/c1-17(2,3)21-16(23)10-4-6-11(7-5-10)26(24,25)22-13-9-8-12(18)14(19)15(13)20/h4-9,22H,1-3H3,(H,21,23). The van der Waals surface area contributed by atoms with Gasteiger partial charge in [0.25, 0.3) is 15.9 Å². The molecule has 2 aromatic carbocycles. The van der Waals surface area contributed by atoms with E-state index in [-0.39, 0.29) is 16.4 Å². The third-order valence-electron chi connectivity index (χ3n) is 3.19. The van der Waals surface area contributed by atoms with Gasteiger partial charge in [0.15, 0.2) is 17.5 Å². The normalized spacial score (nSPS) is 11.9. The first kappa shape index (κ1) is 19.8. The van der Waals surface area contributed by atoms with Crippen molar-refractivity contribution in [3.05, 3.63) is 59.4 Å². The second kappa shape index (κ2) is 6.99. The van der Waals surface area contributed by atoms with Crippen LogP contribution in [0.3, 0.4) is 0 Å². The van der Waals surface area contributed by atoms with Crippen molar-refractivity contribution in [2.24, 2.45) is 0 Å². The Morgan fingerprint density at radius 3 is 2.04 bits per heavy atom. The van der Waals surface area contributed by atoms with Crippen LogP contribution in [0.5, 0.6) is 0 Å².